The minimum absolute atomic E-state index is 0.0583. The Morgan fingerprint density at radius 2 is 1.81 bits per heavy atom. The largest absolute Gasteiger partial charge is 0.479 e. The summed E-state index contributed by atoms with van der Waals surface area (Å²) in [5, 5.41) is 18.4. The number of anilines is 1. The van der Waals surface area contributed by atoms with Crippen molar-refractivity contribution in [3.05, 3.63) is 54.4 Å². The molecule has 17 heteroatoms. The van der Waals surface area contributed by atoms with E-state index in [0.717, 1.165) is 5.56 Å². The zero-order chi connectivity index (χ0) is 31.1. The molecular weight excluding hydrogens is 575 g/mol. The van der Waals surface area contributed by atoms with E-state index in [1.807, 2.05) is 30.3 Å². The van der Waals surface area contributed by atoms with Gasteiger partial charge in [-0.15, -0.1) is 0 Å². The lowest BCUT2D eigenvalue weighted by atomic mass is 10.2. The number of carbonyl (C=O) groups excluding carboxylic acids is 1. The number of aromatic nitrogens is 4. The number of esters is 1. The van der Waals surface area contributed by atoms with E-state index in [2.05, 4.69) is 20.0 Å². The van der Waals surface area contributed by atoms with Gasteiger partial charge in [-0.05, 0) is 19.4 Å². The average molecular weight is 609 g/mol. The van der Waals surface area contributed by atoms with Crippen molar-refractivity contribution in [3.8, 4) is 5.88 Å². The first-order valence-corrected chi connectivity index (χ1v) is 14.2. The average Bonchev–Trinajstić information content (AvgIpc) is 3.36. The van der Waals surface area contributed by atoms with E-state index in [9.17, 15) is 18.9 Å². The zero-order valence-electron chi connectivity index (χ0n) is 23.2. The Kier molecular flexibility index (Phi) is 13.5. The molecule has 3 aromatic rings. The highest BCUT2D eigenvalue weighted by Gasteiger charge is 2.29. The number of nitrogens with two attached hydrogens (primary N) is 1. The van der Waals surface area contributed by atoms with Crippen LogP contribution in [0.3, 0.4) is 0 Å². The van der Waals surface area contributed by atoms with Crippen molar-refractivity contribution in [1.82, 2.24) is 24.6 Å². The van der Waals surface area contributed by atoms with E-state index in [4.69, 9.17) is 34.7 Å². The summed E-state index contributed by atoms with van der Waals surface area (Å²) in [5.41, 5.74) is 7.54. The number of rotatable bonds is 15. The highest BCUT2D eigenvalue weighted by atomic mass is 31.2. The number of nitrogens with zero attached hydrogens (tertiary/aromatic N) is 4. The van der Waals surface area contributed by atoms with Crippen molar-refractivity contribution < 1.29 is 47.9 Å². The number of fused-ring (bicyclic) bond motifs is 1. The molecule has 1 aromatic carbocycles. The SMILES string of the molecule is CCOC(=O)[C@H](C)N[P@](=O)(COCCn1cnc2c(OC)nc(N)nc21)OCc1ccccc1.O=C(O)/C=C/C(=O)O. The quantitative estimate of drug-likeness (QED) is 0.0837. The van der Waals surface area contributed by atoms with Crippen LogP contribution < -0.4 is 15.6 Å². The van der Waals surface area contributed by atoms with Crippen LogP contribution in [0.2, 0.25) is 0 Å². The van der Waals surface area contributed by atoms with E-state index >= 15 is 0 Å². The van der Waals surface area contributed by atoms with Crippen molar-refractivity contribution in [3.63, 3.8) is 0 Å². The Balaban J connectivity index is 0.000000675. The van der Waals surface area contributed by atoms with Crippen molar-refractivity contribution in [2.45, 2.75) is 33.0 Å². The summed E-state index contributed by atoms with van der Waals surface area (Å²) in [7, 11) is -2.08. The zero-order valence-corrected chi connectivity index (χ0v) is 24.1. The first kappa shape index (κ1) is 33.8. The third-order valence-corrected chi connectivity index (χ3v) is 6.91. The van der Waals surface area contributed by atoms with Gasteiger partial charge in [-0.3, -0.25) is 9.36 Å². The Morgan fingerprint density at radius 3 is 2.40 bits per heavy atom. The molecule has 0 saturated carbocycles. The molecule has 0 radical (unpaired) electrons. The molecule has 0 aliphatic heterocycles. The van der Waals surface area contributed by atoms with E-state index in [0.29, 0.717) is 29.9 Å². The molecule has 0 fully saturated rings. The Morgan fingerprint density at radius 1 is 1.14 bits per heavy atom. The van der Waals surface area contributed by atoms with Crippen LogP contribution in [-0.4, -0.2) is 80.4 Å². The van der Waals surface area contributed by atoms with Crippen LogP contribution in [0, 0.1) is 0 Å². The van der Waals surface area contributed by atoms with Gasteiger partial charge in [-0.1, -0.05) is 30.3 Å². The Bertz CT molecular complexity index is 1400. The number of nitrogens with one attached hydrogen (secondary N) is 1. The second-order valence-corrected chi connectivity index (χ2v) is 10.4. The van der Waals surface area contributed by atoms with Crippen molar-refractivity contribution in [2.24, 2.45) is 0 Å². The minimum atomic E-state index is -3.56. The summed E-state index contributed by atoms with van der Waals surface area (Å²) in [6.45, 7) is 4.09. The van der Waals surface area contributed by atoms with Crippen LogP contribution in [-0.2, 0) is 46.1 Å². The number of aliphatic carboxylic acids is 2. The molecule has 0 aliphatic carbocycles. The van der Waals surface area contributed by atoms with Gasteiger partial charge in [-0.25, -0.2) is 19.7 Å². The van der Waals surface area contributed by atoms with Crippen LogP contribution in [0.1, 0.15) is 19.4 Å². The van der Waals surface area contributed by atoms with Gasteiger partial charge in [0.25, 0.3) is 7.52 Å². The van der Waals surface area contributed by atoms with Crippen LogP contribution in [0.5, 0.6) is 5.88 Å². The van der Waals surface area contributed by atoms with E-state index < -0.39 is 31.5 Å². The van der Waals surface area contributed by atoms with Gasteiger partial charge >= 0.3 is 17.9 Å². The molecule has 5 N–H and O–H groups in total. The topological polar surface area (TPSA) is 227 Å². The monoisotopic (exact) mass is 608 g/mol. The van der Waals surface area contributed by atoms with Gasteiger partial charge in [0.15, 0.2) is 11.2 Å². The number of hydrogen-bond donors (Lipinski definition) is 4. The fraction of sp³-hybridized carbons (Fsp3) is 0.360. The molecule has 0 saturated heterocycles. The summed E-state index contributed by atoms with van der Waals surface area (Å²) in [6, 6.07) is 8.46. The first-order chi connectivity index (χ1) is 20.0. The summed E-state index contributed by atoms with van der Waals surface area (Å²) in [6.07, 6.45) is 2.43. The van der Waals surface area contributed by atoms with Gasteiger partial charge in [0.2, 0.25) is 11.8 Å². The van der Waals surface area contributed by atoms with Crippen LogP contribution in [0.4, 0.5) is 5.95 Å². The van der Waals surface area contributed by atoms with Crippen molar-refractivity contribution >= 4 is 42.5 Å². The third-order valence-electron chi connectivity index (χ3n) is 5.06. The fourth-order valence-electron chi connectivity index (χ4n) is 3.21. The van der Waals surface area contributed by atoms with Crippen LogP contribution in [0.25, 0.3) is 11.2 Å². The molecule has 0 spiro atoms. The second-order valence-electron chi connectivity index (χ2n) is 8.28. The number of carbonyl (C=O) groups is 3. The second kappa shape index (κ2) is 16.8. The standard InChI is InChI=1S/C21H29N6O6P.C4H4O4/c1-4-32-20(28)15(2)26-34(29,33-12-16-8-6-5-7-9-16)14-31-11-10-27-13-23-17-18(27)24-21(22)25-19(17)30-3;5-3(6)1-2-4(7)8/h5-9,13,15H,4,10-12,14H2,1-3H3,(H,26,29)(H2,22,24,25);1-2H,(H,5,6)(H,7,8)/b;2-1+/t15-,34-;/m0./s1. The lowest BCUT2D eigenvalue weighted by Crippen LogP contribution is -2.34. The molecular formula is C25H33N6O10P. The highest BCUT2D eigenvalue weighted by Crippen LogP contribution is 2.44. The van der Waals surface area contributed by atoms with Gasteiger partial charge < -0.3 is 39.2 Å². The lowest BCUT2D eigenvalue weighted by molar-refractivity contribution is -0.144. The maximum Gasteiger partial charge on any atom is 0.328 e. The number of nitrogen functional groups attached to an aromatic ring is 1. The van der Waals surface area contributed by atoms with E-state index in [1.165, 1.54) is 7.11 Å². The number of carboxylic acids is 2. The first-order valence-electron chi connectivity index (χ1n) is 12.4. The number of imidazole rings is 1. The Hall–Kier alpha value is -4.37. The molecule has 0 unspecified atom stereocenters. The summed E-state index contributed by atoms with van der Waals surface area (Å²) in [4.78, 5) is 43.6. The van der Waals surface area contributed by atoms with Gasteiger partial charge in [0.1, 0.15) is 12.4 Å². The molecule has 228 valence electrons. The summed E-state index contributed by atoms with van der Waals surface area (Å²) < 4.78 is 36.8. The lowest BCUT2D eigenvalue weighted by Gasteiger charge is -2.23. The number of hydrogen-bond acceptors (Lipinski definition) is 12. The number of carboxylic acid groups (broad SMARTS) is 2. The predicted molar refractivity (Wildman–Crippen MR) is 150 cm³/mol. The highest BCUT2D eigenvalue weighted by molar-refractivity contribution is 7.56. The molecule has 3 rings (SSSR count). The van der Waals surface area contributed by atoms with Gasteiger partial charge in [-0.2, -0.15) is 9.97 Å². The molecule has 16 nitrogen and oxygen atoms in total. The van der Waals surface area contributed by atoms with Gasteiger partial charge in [0, 0.05) is 18.7 Å². The summed E-state index contributed by atoms with van der Waals surface area (Å²) >= 11 is 0. The van der Waals surface area contributed by atoms with Crippen LogP contribution in [0.15, 0.2) is 48.8 Å². The normalized spacial score (nSPS) is 13.1. The fourth-order valence-corrected chi connectivity index (χ4v) is 4.86. The van der Waals surface area contributed by atoms with Crippen LogP contribution >= 0.6 is 7.52 Å². The molecule has 0 aliphatic rings. The smallest absolute Gasteiger partial charge is 0.328 e. The number of benzene rings is 1. The Labute approximate surface area is 241 Å². The molecule has 2 aromatic heterocycles. The number of methoxy groups -OCH3 is 1. The maximum atomic E-state index is 13.5. The molecule has 2 atom stereocenters. The predicted octanol–water partition coefficient (Wildman–Crippen LogP) is 2.05. The minimum Gasteiger partial charge on any atom is -0.479 e. The number of ether oxygens (including phenoxy) is 3. The molecule has 42 heavy (non-hydrogen) atoms. The maximum absolute atomic E-state index is 13.5. The molecule has 2 heterocycles. The van der Waals surface area contributed by atoms with Crippen molar-refractivity contribution in [2.75, 3.05) is 32.4 Å². The molecule has 0 bridgehead atoms. The van der Waals surface area contributed by atoms with Gasteiger partial charge in [0.05, 0.1) is 33.3 Å². The van der Waals surface area contributed by atoms with Crippen molar-refractivity contribution in [1.29, 1.82) is 0 Å². The third kappa shape index (κ3) is 11.2. The summed E-state index contributed by atoms with van der Waals surface area (Å²) in [5.74, 6) is -2.71. The van der Waals surface area contributed by atoms with E-state index in [1.54, 1.807) is 24.7 Å². The molecule has 0 amide bonds. The van der Waals surface area contributed by atoms with E-state index in [-0.39, 0.29) is 38.0 Å².